The highest BCUT2D eigenvalue weighted by atomic mass is 19.4. The Kier molecular flexibility index (Phi) is 5.08. The van der Waals surface area contributed by atoms with Crippen molar-refractivity contribution in [3.05, 3.63) is 41.8 Å². The Morgan fingerprint density at radius 2 is 1.96 bits per heavy atom. The van der Waals surface area contributed by atoms with E-state index in [0.29, 0.717) is 11.6 Å². The smallest absolute Gasteiger partial charge is 0.389 e. The minimum absolute atomic E-state index is 0.0167. The lowest BCUT2D eigenvalue weighted by Gasteiger charge is -2.14. The molecule has 0 fully saturated rings. The van der Waals surface area contributed by atoms with Crippen molar-refractivity contribution in [1.82, 2.24) is 10.3 Å². The summed E-state index contributed by atoms with van der Waals surface area (Å²) in [6, 6.07) is 9.05. The minimum Gasteiger partial charge on any atom is -0.431 e. The van der Waals surface area contributed by atoms with Gasteiger partial charge in [-0.2, -0.15) is 13.2 Å². The highest BCUT2D eigenvalue weighted by Crippen LogP contribution is 2.24. The number of alkyl halides is 3. The second-order valence-corrected chi connectivity index (χ2v) is 5.43. The van der Waals surface area contributed by atoms with E-state index < -0.39 is 24.4 Å². The summed E-state index contributed by atoms with van der Waals surface area (Å²) in [5.74, 6) is -0.957. The molecule has 124 valence electrons. The summed E-state index contributed by atoms with van der Waals surface area (Å²) in [6.45, 7) is 2.96. The second kappa shape index (κ2) is 6.85. The van der Waals surface area contributed by atoms with Gasteiger partial charge in [0.15, 0.2) is 0 Å². The fourth-order valence-corrected chi connectivity index (χ4v) is 2.13. The molecule has 0 aliphatic heterocycles. The van der Waals surface area contributed by atoms with Crippen molar-refractivity contribution in [2.45, 2.75) is 26.4 Å². The van der Waals surface area contributed by atoms with E-state index in [1.54, 1.807) is 19.1 Å². The first-order valence-corrected chi connectivity index (χ1v) is 7.14. The maximum atomic E-state index is 12.3. The van der Waals surface area contributed by atoms with Crippen LogP contribution in [0.1, 0.15) is 29.6 Å². The first-order valence-electron chi connectivity index (χ1n) is 7.14. The van der Waals surface area contributed by atoms with Gasteiger partial charge in [-0.1, -0.05) is 25.1 Å². The number of halogens is 3. The molecule has 0 saturated heterocycles. The number of rotatable bonds is 5. The van der Waals surface area contributed by atoms with Crippen LogP contribution in [0, 0.1) is 12.8 Å². The van der Waals surface area contributed by atoms with E-state index in [-0.39, 0.29) is 12.3 Å². The van der Waals surface area contributed by atoms with E-state index in [1.807, 2.05) is 18.2 Å². The highest BCUT2D eigenvalue weighted by molar-refractivity contribution is 5.92. The van der Waals surface area contributed by atoms with Crippen molar-refractivity contribution in [3.63, 3.8) is 0 Å². The summed E-state index contributed by atoms with van der Waals surface area (Å²) in [6.07, 6.45) is -5.19. The van der Waals surface area contributed by atoms with E-state index in [4.69, 9.17) is 4.42 Å². The number of benzene rings is 1. The number of carbonyl (C=O) groups excluding carboxylic acids is 1. The van der Waals surface area contributed by atoms with Crippen LogP contribution in [0.4, 0.5) is 13.2 Å². The van der Waals surface area contributed by atoms with Crippen LogP contribution in [0.5, 0.6) is 0 Å². The van der Waals surface area contributed by atoms with Crippen LogP contribution >= 0.6 is 0 Å². The Hall–Kier alpha value is -2.31. The molecule has 1 aromatic heterocycles. The predicted octanol–water partition coefficient (Wildman–Crippen LogP) is 3.97. The van der Waals surface area contributed by atoms with Crippen LogP contribution in [0.2, 0.25) is 0 Å². The molecule has 4 nitrogen and oxygen atoms in total. The SMILES string of the molecule is Cc1nc(-c2ccccc2)oc1C(=O)NC[C@@H](C)CC(F)(F)F. The van der Waals surface area contributed by atoms with Gasteiger partial charge in [0.05, 0.1) is 5.69 Å². The van der Waals surface area contributed by atoms with Crippen molar-refractivity contribution in [3.8, 4) is 11.5 Å². The average molecular weight is 326 g/mol. The Labute approximate surface area is 131 Å². The number of carbonyl (C=O) groups is 1. The molecule has 1 aromatic carbocycles. The number of nitrogens with zero attached hydrogens (tertiary/aromatic N) is 1. The standard InChI is InChI=1S/C16H17F3N2O2/c1-10(8-16(17,18)19)9-20-14(22)13-11(2)21-15(23-13)12-6-4-3-5-7-12/h3-7,10H,8-9H2,1-2H3,(H,20,22)/t10-/m0/s1. The molecule has 0 unspecified atom stereocenters. The lowest BCUT2D eigenvalue weighted by Crippen LogP contribution is -2.30. The Morgan fingerprint density at radius 3 is 2.57 bits per heavy atom. The molecule has 1 atom stereocenters. The maximum Gasteiger partial charge on any atom is 0.389 e. The number of oxazole rings is 1. The fraction of sp³-hybridized carbons (Fsp3) is 0.375. The largest absolute Gasteiger partial charge is 0.431 e. The Morgan fingerprint density at radius 1 is 1.30 bits per heavy atom. The molecular formula is C16H17F3N2O2. The lowest BCUT2D eigenvalue weighted by molar-refractivity contribution is -0.142. The summed E-state index contributed by atoms with van der Waals surface area (Å²) >= 11 is 0. The molecule has 7 heteroatoms. The molecule has 0 aliphatic carbocycles. The molecule has 0 spiro atoms. The van der Waals surface area contributed by atoms with Gasteiger partial charge in [0.25, 0.3) is 5.91 Å². The zero-order chi connectivity index (χ0) is 17.0. The topological polar surface area (TPSA) is 55.1 Å². The van der Waals surface area contributed by atoms with Gasteiger partial charge < -0.3 is 9.73 Å². The van der Waals surface area contributed by atoms with Crippen molar-refractivity contribution in [1.29, 1.82) is 0 Å². The minimum atomic E-state index is -4.24. The van der Waals surface area contributed by atoms with Crippen molar-refractivity contribution >= 4 is 5.91 Å². The van der Waals surface area contributed by atoms with Crippen LogP contribution in [0.15, 0.2) is 34.7 Å². The maximum absolute atomic E-state index is 12.3. The molecular weight excluding hydrogens is 309 g/mol. The molecule has 1 heterocycles. The normalized spacial score (nSPS) is 12.9. The first-order chi connectivity index (χ1) is 10.8. The van der Waals surface area contributed by atoms with Crippen LogP contribution < -0.4 is 5.32 Å². The van der Waals surface area contributed by atoms with Gasteiger partial charge in [-0.25, -0.2) is 4.98 Å². The van der Waals surface area contributed by atoms with E-state index >= 15 is 0 Å². The third-order valence-corrected chi connectivity index (χ3v) is 3.21. The summed E-state index contributed by atoms with van der Waals surface area (Å²) in [7, 11) is 0. The molecule has 0 aliphatic rings. The fourth-order valence-electron chi connectivity index (χ4n) is 2.13. The monoisotopic (exact) mass is 326 g/mol. The van der Waals surface area contributed by atoms with Gasteiger partial charge in [-0.05, 0) is 25.0 Å². The van der Waals surface area contributed by atoms with Crippen LogP contribution in [0.25, 0.3) is 11.5 Å². The summed E-state index contributed by atoms with van der Waals surface area (Å²) < 4.78 is 42.3. The van der Waals surface area contributed by atoms with E-state index in [9.17, 15) is 18.0 Å². The third-order valence-electron chi connectivity index (χ3n) is 3.21. The van der Waals surface area contributed by atoms with Gasteiger partial charge in [0.2, 0.25) is 11.7 Å². The van der Waals surface area contributed by atoms with Gasteiger partial charge in [-0.3, -0.25) is 4.79 Å². The highest BCUT2D eigenvalue weighted by Gasteiger charge is 2.30. The van der Waals surface area contributed by atoms with Crippen LogP contribution in [0.3, 0.4) is 0 Å². The number of nitrogens with one attached hydrogen (secondary N) is 1. The molecule has 0 radical (unpaired) electrons. The Bertz CT molecular complexity index is 666. The Balaban J connectivity index is 2.02. The van der Waals surface area contributed by atoms with Gasteiger partial charge >= 0.3 is 6.18 Å². The molecule has 1 N–H and O–H groups in total. The zero-order valence-electron chi connectivity index (χ0n) is 12.8. The van der Waals surface area contributed by atoms with E-state index in [0.717, 1.165) is 5.56 Å². The van der Waals surface area contributed by atoms with Gasteiger partial charge in [0.1, 0.15) is 0 Å². The number of amides is 1. The van der Waals surface area contributed by atoms with Crippen LogP contribution in [-0.2, 0) is 0 Å². The number of hydrogen-bond donors (Lipinski definition) is 1. The first kappa shape index (κ1) is 17.1. The number of hydrogen-bond acceptors (Lipinski definition) is 3. The molecule has 0 saturated carbocycles. The quantitative estimate of drug-likeness (QED) is 0.904. The molecule has 23 heavy (non-hydrogen) atoms. The number of aromatic nitrogens is 1. The molecule has 1 amide bonds. The van der Waals surface area contributed by atoms with Crippen molar-refractivity contribution < 1.29 is 22.4 Å². The summed E-state index contributed by atoms with van der Waals surface area (Å²) in [4.78, 5) is 16.2. The average Bonchev–Trinajstić information content (AvgIpc) is 2.86. The molecule has 2 aromatic rings. The second-order valence-electron chi connectivity index (χ2n) is 5.43. The summed E-state index contributed by atoms with van der Waals surface area (Å²) in [5.41, 5.74) is 1.12. The lowest BCUT2D eigenvalue weighted by atomic mass is 10.1. The van der Waals surface area contributed by atoms with E-state index in [2.05, 4.69) is 10.3 Å². The van der Waals surface area contributed by atoms with E-state index in [1.165, 1.54) is 6.92 Å². The van der Waals surface area contributed by atoms with Crippen LogP contribution in [-0.4, -0.2) is 23.6 Å². The zero-order valence-corrected chi connectivity index (χ0v) is 12.8. The van der Waals surface area contributed by atoms with Gasteiger partial charge in [0, 0.05) is 18.5 Å². The molecule has 2 rings (SSSR count). The van der Waals surface area contributed by atoms with Crippen molar-refractivity contribution in [2.24, 2.45) is 5.92 Å². The van der Waals surface area contributed by atoms with Gasteiger partial charge in [-0.15, -0.1) is 0 Å². The predicted molar refractivity (Wildman–Crippen MR) is 78.8 cm³/mol. The molecule has 0 bridgehead atoms. The number of aryl methyl sites for hydroxylation is 1. The van der Waals surface area contributed by atoms with Crippen molar-refractivity contribution in [2.75, 3.05) is 6.54 Å². The third kappa shape index (κ3) is 4.84. The summed E-state index contributed by atoms with van der Waals surface area (Å²) in [5, 5.41) is 2.45.